The normalized spacial score (nSPS) is 11.9. The summed E-state index contributed by atoms with van der Waals surface area (Å²) in [6.45, 7) is 9.22. The van der Waals surface area contributed by atoms with Crippen molar-refractivity contribution in [3.05, 3.63) is 0 Å². The van der Waals surface area contributed by atoms with Gasteiger partial charge in [-0.3, -0.25) is 8.37 Å². The van der Waals surface area contributed by atoms with Crippen molar-refractivity contribution in [3.63, 3.8) is 0 Å². The van der Waals surface area contributed by atoms with E-state index in [1.54, 1.807) is 0 Å². The van der Waals surface area contributed by atoms with E-state index in [2.05, 4.69) is 36.1 Å². The number of hydrogen-bond acceptors (Lipinski definition) is 8. The van der Waals surface area contributed by atoms with Gasteiger partial charge in [0.1, 0.15) is 0 Å². The maximum absolute atomic E-state index is 10.9. The molecule has 0 aliphatic heterocycles. The average molecular weight is 1130 g/mol. The van der Waals surface area contributed by atoms with Gasteiger partial charge in [-0.1, -0.05) is 362 Å². The average Bonchev–Trinajstić information content (AvgIpc) is 3.37. The van der Waals surface area contributed by atoms with Gasteiger partial charge in [0, 0.05) is 0 Å². The predicted octanol–water partition coefficient (Wildman–Crippen LogP) is 21.7. The van der Waals surface area contributed by atoms with Crippen molar-refractivity contribution >= 4 is 58.5 Å². The van der Waals surface area contributed by atoms with Gasteiger partial charge < -0.3 is 9.11 Å². The molecule has 8 nitrogen and oxygen atoms in total. The monoisotopic (exact) mass is 1130 g/mol. The van der Waals surface area contributed by atoms with Crippen molar-refractivity contribution in [2.24, 2.45) is 11.8 Å². The molecule has 0 aromatic rings. The van der Waals surface area contributed by atoms with E-state index in [9.17, 15) is 25.9 Å². The molecule has 0 amide bonds. The third-order valence-corrected chi connectivity index (χ3v) is 16.6. The van der Waals surface area contributed by atoms with Crippen LogP contribution >= 0.6 is 0 Å². The Morgan fingerprint density at radius 1 is 0.240 bits per heavy atom. The fourth-order valence-electron chi connectivity index (χ4n) is 10.8. The minimum absolute atomic E-state index is 0. The molecular weight excluding hydrogens is 1000 g/mol. The number of rotatable bonds is 62. The first-order valence-electron chi connectivity index (χ1n) is 33.2. The third-order valence-electron chi connectivity index (χ3n) is 15.8. The van der Waals surface area contributed by atoms with Crippen molar-refractivity contribution in [2.75, 3.05) is 13.2 Å². The smallest absolute Gasteiger partial charge is 0.726 e. The second-order valence-electron chi connectivity index (χ2n) is 23.2. The van der Waals surface area contributed by atoms with Gasteiger partial charge in [-0.2, -0.15) is 0 Å². The van der Waals surface area contributed by atoms with Gasteiger partial charge in [0.05, 0.1) is 13.2 Å². The van der Waals surface area contributed by atoms with Crippen LogP contribution in [0.3, 0.4) is 0 Å². The largest absolute Gasteiger partial charge is 2.00 e. The summed E-state index contributed by atoms with van der Waals surface area (Å²) >= 11 is 0. The summed E-state index contributed by atoms with van der Waals surface area (Å²) in [6.07, 6.45) is 73.2. The standard InChI is InChI=1S/2C32H66O4S.Ca/c2*1-3-5-7-9-11-13-15-17-19-21-23-25-27-29-32(31-36-37(33,34)35)30-28-26-24-22-20-18-16-14-12-10-8-6-4-2;/h2*32H,3-31H2,1-2H3,(H,33,34,35);/q;;+2/p-2. The van der Waals surface area contributed by atoms with Crippen LogP contribution < -0.4 is 0 Å². The number of hydrogen-bond donors (Lipinski definition) is 0. The van der Waals surface area contributed by atoms with Crippen molar-refractivity contribution in [1.82, 2.24) is 0 Å². The Balaban J connectivity index is -0.00000136. The number of unbranched alkanes of at least 4 members (excludes halogenated alkanes) is 48. The van der Waals surface area contributed by atoms with E-state index in [0.717, 1.165) is 51.4 Å². The van der Waals surface area contributed by atoms with Gasteiger partial charge >= 0.3 is 37.7 Å². The van der Waals surface area contributed by atoms with Crippen LogP contribution in [-0.2, 0) is 29.2 Å². The Bertz CT molecular complexity index is 1110. The SMILES string of the molecule is CCCCCCCCCCCCCCCC(CCCCCCCCCCCCCCC)COS(=O)(=O)[O-].CCCCCCCCCCCCCCCC(CCCCCCCCCCCCCCC)COS(=O)(=O)[O-].[Ca+2]. The fraction of sp³-hybridized carbons (Fsp3) is 1.00. The predicted molar refractivity (Wildman–Crippen MR) is 325 cm³/mol. The van der Waals surface area contributed by atoms with Crippen LogP contribution in [0, 0.1) is 11.8 Å². The van der Waals surface area contributed by atoms with Gasteiger partial charge in [-0.15, -0.1) is 0 Å². The Labute approximate surface area is 501 Å². The van der Waals surface area contributed by atoms with Crippen LogP contribution in [0.25, 0.3) is 0 Å². The molecule has 448 valence electrons. The zero-order valence-corrected chi connectivity index (χ0v) is 54.8. The van der Waals surface area contributed by atoms with E-state index in [1.807, 2.05) is 0 Å². The summed E-state index contributed by atoms with van der Waals surface area (Å²) in [6, 6.07) is 0. The first kappa shape index (κ1) is 80.2. The summed E-state index contributed by atoms with van der Waals surface area (Å²) < 4.78 is 74.9. The van der Waals surface area contributed by atoms with E-state index < -0.39 is 20.8 Å². The Kier molecular flexibility index (Phi) is 70.4. The van der Waals surface area contributed by atoms with Crippen LogP contribution in [0.15, 0.2) is 0 Å². The molecule has 0 rings (SSSR count). The first-order valence-corrected chi connectivity index (χ1v) is 35.9. The maximum atomic E-state index is 10.9. The molecule has 0 aromatic heterocycles. The third kappa shape index (κ3) is 75.0. The first-order chi connectivity index (χ1) is 36.0. The Morgan fingerprint density at radius 2 is 0.360 bits per heavy atom. The molecule has 0 saturated heterocycles. The molecule has 0 aromatic carbocycles. The molecule has 0 N–H and O–H groups in total. The summed E-state index contributed by atoms with van der Waals surface area (Å²) in [5, 5.41) is 0. The van der Waals surface area contributed by atoms with Gasteiger partial charge in [-0.25, -0.2) is 16.8 Å². The zero-order chi connectivity index (χ0) is 54.6. The second kappa shape index (κ2) is 65.8. The van der Waals surface area contributed by atoms with Crippen LogP contribution in [-0.4, -0.2) is 76.9 Å². The van der Waals surface area contributed by atoms with Crippen LogP contribution in [0.1, 0.15) is 387 Å². The second-order valence-corrected chi connectivity index (χ2v) is 25.3. The topological polar surface area (TPSA) is 133 Å². The van der Waals surface area contributed by atoms with E-state index in [-0.39, 0.29) is 62.8 Å². The summed E-state index contributed by atoms with van der Waals surface area (Å²) in [5.41, 5.74) is 0. The molecule has 0 aliphatic rings. The molecule has 0 radical (unpaired) electrons. The molecule has 75 heavy (non-hydrogen) atoms. The van der Waals surface area contributed by atoms with Crippen molar-refractivity contribution < 1.29 is 34.3 Å². The molecular formula is C64H130CaO8S2. The Morgan fingerprint density at radius 3 is 0.480 bits per heavy atom. The van der Waals surface area contributed by atoms with Crippen LogP contribution in [0.5, 0.6) is 0 Å². The van der Waals surface area contributed by atoms with Gasteiger partial charge in [0.15, 0.2) is 0 Å². The fourth-order valence-corrected chi connectivity index (χ4v) is 11.5. The molecule has 0 unspecified atom stereocenters. The van der Waals surface area contributed by atoms with E-state index in [4.69, 9.17) is 0 Å². The maximum Gasteiger partial charge on any atom is 2.00 e. The van der Waals surface area contributed by atoms with Crippen LogP contribution in [0.4, 0.5) is 0 Å². The van der Waals surface area contributed by atoms with E-state index in [0.29, 0.717) is 0 Å². The van der Waals surface area contributed by atoms with Gasteiger partial charge in [0.2, 0.25) is 20.8 Å². The molecule has 0 heterocycles. The van der Waals surface area contributed by atoms with Crippen molar-refractivity contribution in [3.8, 4) is 0 Å². The zero-order valence-electron chi connectivity index (χ0n) is 51.0. The van der Waals surface area contributed by atoms with Crippen molar-refractivity contribution in [2.45, 2.75) is 387 Å². The van der Waals surface area contributed by atoms with Gasteiger partial charge in [-0.05, 0) is 37.5 Å². The molecule has 11 heteroatoms. The minimum Gasteiger partial charge on any atom is -0.726 e. The Hall–Kier alpha value is 1.000. The van der Waals surface area contributed by atoms with E-state index >= 15 is 0 Å². The molecule has 0 aliphatic carbocycles. The van der Waals surface area contributed by atoms with Gasteiger partial charge in [0.25, 0.3) is 0 Å². The molecule has 0 bridgehead atoms. The van der Waals surface area contributed by atoms with Crippen LogP contribution in [0.2, 0.25) is 0 Å². The summed E-state index contributed by atoms with van der Waals surface area (Å²) in [4.78, 5) is 0. The molecule has 0 spiro atoms. The molecule has 0 saturated carbocycles. The molecule has 0 atom stereocenters. The van der Waals surface area contributed by atoms with E-state index in [1.165, 1.54) is 308 Å². The summed E-state index contributed by atoms with van der Waals surface area (Å²) in [5.74, 6) is 0.397. The van der Waals surface area contributed by atoms with Crippen molar-refractivity contribution in [1.29, 1.82) is 0 Å². The summed E-state index contributed by atoms with van der Waals surface area (Å²) in [7, 11) is -9.17. The quantitative estimate of drug-likeness (QED) is 0.0254. The minimum atomic E-state index is -4.58. The molecule has 0 fully saturated rings.